The molecular formula is C14H14F3N. The fourth-order valence-electron chi connectivity index (χ4n) is 2.02. The molecule has 18 heavy (non-hydrogen) atoms. The summed E-state index contributed by atoms with van der Waals surface area (Å²) in [4.78, 5) is 0. The topological polar surface area (TPSA) is 4.93 Å². The first kappa shape index (κ1) is 12.7. The van der Waals surface area contributed by atoms with Gasteiger partial charge in [-0.15, -0.1) is 0 Å². The van der Waals surface area contributed by atoms with Gasteiger partial charge in [0.15, 0.2) is 0 Å². The smallest absolute Gasteiger partial charge is 0.337 e. The van der Waals surface area contributed by atoms with Gasteiger partial charge in [0.1, 0.15) is 5.69 Å². The van der Waals surface area contributed by atoms with Crippen LogP contribution in [0.15, 0.2) is 42.5 Å². The molecule has 1 aromatic carbocycles. The van der Waals surface area contributed by atoms with E-state index in [1.807, 2.05) is 37.3 Å². The minimum atomic E-state index is -4.30. The average Bonchev–Trinajstić information content (AvgIpc) is 2.73. The lowest BCUT2D eigenvalue weighted by atomic mass is 10.2. The maximum Gasteiger partial charge on any atom is 0.431 e. The van der Waals surface area contributed by atoms with Gasteiger partial charge in [0.2, 0.25) is 0 Å². The lowest BCUT2D eigenvalue weighted by molar-refractivity contribution is -0.143. The van der Waals surface area contributed by atoms with Gasteiger partial charge in [0.25, 0.3) is 0 Å². The lowest BCUT2D eigenvalue weighted by Gasteiger charge is -2.15. The first-order chi connectivity index (χ1) is 8.52. The van der Waals surface area contributed by atoms with Gasteiger partial charge in [-0.05, 0) is 24.1 Å². The molecule has 0 atom stereocenters. The molecule has 0 unspecified atom stereocenters. The van der Waals surface area contributed by atoms with Crippen molar-refractivity contribution in [3.05, 3.63) is 59.4 Å². The van der Waals surface area contributed by atoms with Crippen molar-refractivity contribution in [2.45, 2.75) is 26.1 Å². The highest BCUT2D eigenvalue weighted by molar-refractivity contribution is 5.23. The normalized spacial score (nSPS) is 11.8. The van der Waals surface area contributed by atoms with Gasteiger partial charge in [0, 0.05) is 12.2 Å². The second kappa shape index (κ2) is 4.88. The van der Waals surface area contributed by atoms with E-state index >= 15 is 0 Å². The van der Waals surface area contributed by atoms with Crippen molar-refractivity contribution in [1.82, 2.24) is 4.57 Å². The third-order valence-corrected chi connectivity index (χ3v) is 2.91. The second-order valence-electron chi connectivity index (χ2n) is 4.13. The van der Waals surface area contributed by atoms with Crippen LogP contribution in [0.3, 0.4) is 0 Å². The monoisotopic (exact) mass is 253 g/mol. The largest absolute Gasteiger partial charge is 0.431 e. The molecule has 2 aromatic rings. The SMILES string of the molecule is CCc1ccc(C(F)(F)F)n1Cc1ccccc1. The zero-order valence-corrected chi connectivity index (χ0v) is 10.0. The first-order valence-electron chi connectivity index (χ1n) is 5.82. The summed E-state index contributed by atoms with van der Waals surface area (Å²) in [6, 6.07) is 11.9. The molecule has 0 radical (unpaired) electrons. The Morgan fingerprint density at radius 1 is 1.00 bits per heavy atom. The van der Waals surface area contributed by atoms with Gasteiger partial charge < -0.3 is 4.57 Å². The number of nitrogens with zero attached hydrogens (tertiary/aromatic N) is 1. The highest BCUT2D eigenvalue weighted by atomic mass is 19.4. The van der Waals surface area contributed by atoms with Crippen molar-refractivity contribution >= 4 is 0 Å². The maximum atomic E-state index is 12.9. The molecule has 0 aliphatic carbocycles. The van der Waals surface area contributed by atoms with Crippen LogP contribution in [-0.2, 0) is 19.1 Å². The number of aromatic nitrogens is 1. The van der Waals surface area contributed by atoms with E-state index in [9.17, 15) is 13.2 Å². The molecule has 2 rings (SSSR count). The first-order valence-corrected chi connectivity index (χ1v) is 5.82. The highest BCUT2D eigenvalue weighted by Crippen LogP contribution is 2.31. The van der Waals surface area contributed by atoms with E-state index in [-0.39, 0.29) is 6.54 Å². The Morgan fingerprint density at radius 3 is 2.22 bits per heavy atom. The van der Waals surface area contributed by atoms with Crippen molar-refractivity contribution in [2.24, 2.45) is 0 Å². The van der Waals surface area contributed by atoms with Crippen molar-refractivity contribution < 1.29 is 13.2 Å². The van der Waals surface area contributed by atoms with E-state index in [0.717, 1.165) is 11.6 Å². The lowest BCUT2D eigenvalue weighted by Crippen LogP contribution is -2.15. The number of hydrogen-bond acceptors (Lipinski definition) is 0. The molecule has 0 saturated heterocycles. The number of aryl methyl sites for hydroxylation is 1. The van der Waals surface area contributed by atoms with E-state index in [1.54, 1.807) is 6.07 Å². The predicted octanol–water partition coefficient (Wildman–Crippen LogP) is 4.12. The van der Waals surface area contributed by atoms with E-state index in [2.05, 4.69) is 0 Å². The van der Waals surface area contributed by atoms with Crippen molar-refractivity contribution in [3.63, 3.8) is 0 Å². The van der Waals surface area contributed by atoms with Crippen LogP contribution in [0.4, 0.5) is 13.2 Å². The highest BCUT2D eigenvalue weighted by Gasteiger charge is 2.34. The molecule has 1 nitrogen and oxygen atoms in total. The number of rotatable bonds is 3. The molecule has 0 bridgehead atoms. The zero-order chi connectivity index (χ0) is 13.2. The summed E-state index contributed by atoms with van der Waals surface area (Å²) in [5.74, 6) is 0. The van der Waals surface area contributed by atoms with Gasteiger partial charge in [-0.2, -0.15) is 13.2 Å². The van der Waals surface area contributed by atoms with Crippen LogP contribution in [0.25, 0.3) is 0 Å². The summed E-state index contributed by atoms with van der Waals surface area (Å²) in [6.45, 7) is 2.11. The summed E-state index contributed by atoms with van der Waals surface area (Å²) < 4.78 is 40.0. The molecule has 0 aliphatic rings. The Hall–Kier alpha value is -1.71. The summed E-state index contributed by atoms with van der Waals surface area (Å²) in [5.41, 5.74) is 0.989. The molecule has 0 aliphatic heterocycles. The van der Waals surface area contributed by atoms with E-state index in [4.69, 9.17) is 0 Å². The fraction of sp³-hybridized carbons (Fsp3) is 0.286. The molecule has 96 valence electrons. The molecule has 0 spiro atoms. The predicted molar refractivity (Wildman–Crippen MR) is 64.4 cm³/mol. The van der Waals surface area contributed by atoms with E-state index < -0.39 is 11.9 Å². The Balaban J connectivity index is 2.39. The number of hydrogen-bond donors (Lipinski definition) is 0. The minimum Gasteiger partial charge on any atom is -0.337 e. The Morgan fingerprint density at radius 2 is 1.67 bits per heavy atom. The van der Waals surface area contributed by atoms with Crippen LogP contribution in [0, 0.1) is 0 Å². The molecule has 0 N–H and O–H groups in total. The molecule has 0 amide bonds. The van der Waals surface area contributed by atoms with Gasteiger partial charge >= 0.3 is 6.18 Å². The van der Waals surface area contributed by atoms with Crippen molar-refractivity contribution in [2.75, 3.05) is 0 Å². The molecular weight excluding hydrogens is 239 g/mol. The maximum absolute atomic E-state index is 12.9. The number of benzene rings is 1. The Kier molecular flexibility index (Phi) is 3.45. The number of alkyl halides is 3. The van der Waals surface area contributed by atoms with Gasteiger partial charge in [-0.25, -0.2) is 0 Å². The van der Waals surface area contributed by atoms with Crippen LogP contribution in [0.1, 0.15) is 23.9 Å². The zero-order valence-electron chi connectivity index (χ0n) is 10.0. The van der Waals surface area contributed by atoms with Crippen LogP contribution < -0.4 is 0 Å². The van der Waals surface area contributed by atoms with E-state index in [0.29, 0.717) is 12.1 Å². The third-order valence-electron chi connectivity index (χ3n) is 2.91. The van der Waals surface area contributed by atoms with Gasteiger partial charge in [-0.3, -0.25) is 0 Å². The van der Waals surface area contributed by atoms with Crippen LogP contribution in [-0.4, -0.2) is 4.57 Å². The van der Waals surface area contributed by atoms with Gasteiger partial charge in [-0.1, -0.05) is 37.3 Å². The molecule has 0 fully saturated rings. The summed E-state index contributed by atoms with van der Waals surface area (Å²) >= 11 is 0. The van der Waals surface area contributed by atoms with Crippen molar-refractivity contribution in [3.8, 4) is 0 Å². The van der Waals surface area contributed by atoms with Gasteiger partial charge in [0.05, 0.1) is 0 Å². The molecule has 1 heterocycles. The Labute approximate surface area is 104 Å². The second-order valence-corrected chi connectivity index (χ2v) is 4.13. The quantitative estimate of drug-likeness (QED) is 0.775. The molecule has 4 heteroatoms. The van der Waals surface area contributed by atoms with Crippen molar-refractivity contribution in [1.29, 1.82) is 0 Å². The van der Waals surface area contributed by atoms with E-state index in [1.165, 1.54) is 4.57 Å². The summed E-state index contributed by atoms with van der Waals surface area (Å²) in [7, 11) is 0. The van der Waals surface area contributed by atoms with Crippen LogP contribution in [0.2, 0.25) is 0 Å². The third kappa shape index (κ3) is 2.58. The summed E-state index contributed by atoms with van der Waals surface area (Å²) in [6.07, 6.45) is -3.72. The standard InChI is InChI=1S/C14H14F3N/c1-2-12-8-9-13(14(15,16)17)18(12)10-11-6-4-3-5-7-11/h3-9H,2,10H2,1H3. The molecule has 1 aromatic heterocycles. The van der Waals surface area contributed by atoms with Crippen LogP contribution in [0.5, 0.6) is 0 Å². The molecule has 0 saturated carbocycles. The fourth-order valence-corrected chi connectivity index (χ4v) is 2.02. The summed E-state index contributed by atoms with van der Waals surface area (Å²) in [5, 5.41) is 0. The Bertz CT molecular complexity index is 512. The van der Waals surface area contributed by atoms with Crippen LogP contribution >= 0.6 is 0 Å². The number of halogens is 3. The average molecular weight is 253 g/mol. The minimum absolute atomic E-state index is 0.256.